The number of aliphatic hydroxyl groups excluding tert-OH is 1. The zero-order valence-corrected chi connectivity index (χ0v) is 5.08. The maximum atomic E-state index is 12.2. The molecule has 0 unspecified atom stereocenters. The van der Waals surface area contributed by atoms with E-state index < -0.39 is 11.7 Å². The lowest BCUT2D eigenvalue weighted by Gasteiger charge is -1.95. The molecule has 10 heavy (non-hydrogen) atoms. The van der Waals surface area contributed by atoms with E-state index in [4.69, 9.17) is 10.2 Å². The first-order valence-electron chi connectivity index (χ1n) is 2.68. The lowest BCUT2D eigenvalue weighted by atomic mass is 10.3. The topological polar surface area (TPSA) is 53.4 Å². The van der Waals surface area contributed by atoms with Gasteiger partial charge < -0.3 is 10.2 Å². The maximum Gasteiger partial charge on any atom is 0.254 e. The third-order valence-electron chi connectivity index (χ3n) is 1.06. The summed E-state index contributed by atoms with van der Waals surface area (Å²) in [4.78, 5) is 3.17. The summed E-state index contributed by atoms with van der Waals surface area (Å²) in [7, 11) is 0. The Morgan fingerprint density at radius 3 is 2.80 bits per heavy atom. The predicted molar refractivity (Wildman–Crippen MR) is 31.8 cm³/mol. The number of nitrogens with zero attached hydrogens (tertiary/aromatic N) is 1. The summed E-state index contributed by atoms with van der Waals surface area (Å²) in [5.41, 5.74) is 0.388. The molecule has 0 saturated carbocycles. The van der Waals surface area contributed by atoms with Gasteiger partial charge in [0.05, 0.1) is 6.61 Å². The van der Waals surface area contributed by atoms with Crippen molar-refractivity contribution in [2.75, 3.05) is 0 Å². The molecule has 1 rings (SSSR count). The van der Waals surface area contributed by atoms with Gasteiger partial charge in [-0.05, 0) is 11.6 Å². The zero-order valence-electron chi connectivity index (χ0n) is 5.08. The Labute approximate surface area is 56.8 Å². The smallest absolute Gasteiger partial charge is 0.254 e. The summed E-state index contributed by atoms with van der Waals surface area (Å²) in [6.45, 7) is -0.249. The Balaban J connectivity index is 3.04. The Morgan fingerprint density at radius 1 is 1.60 bits per heavy atom. The van der Waals surface area contributed by atoms with Crippen molar-refractivity contribution in [3.05, 3.63) is 23.8 Å². The highest BCUT2D eigenvalue weighted by atomic mass is 19.1. The number of aromatic hydroxyl groups is 1. The van der Waals surface area contributed by atoms with Crippen LogP contribution < -0.4 is 0 Å². The number of aliphatic hydroxyl groups is 1. The van der Waals surface area contributed by atoms with E-state index in [-0.39, 0.29) is 6.61 Å². The van der Waals surface area contributed by atoms with Crippen molar-refractivity contribution in [3.63, 3.8) is 0 Å². The van der Waals surface area contributed by atoms with Crippen LogP contribution in [0.25, 0.3) is 0 Å². The highest BCUT2D eigenvalue weighted by Crippen LogP contribution is 2.13. The monoisotopic (exact) mass is 143 g/mol. The highest BCUT2D eigenvalue weighted by molar-refractivity contribution is 5.22. The van der Waals surface area contributed by atoms with Crippen molar-refractivity contribution in [3.8, 4) is 5.75 Å². The molecule has 0 aliphatic rings. The normalized spacial score (nSPS) is 9.80. The van der Waals surface area contributed by atoms with Crippen LogP contribution in [0, 0.1) is 5.95 Å². The first-order valence-corrected chi connectivity index (χ1v) is 2.68. The summed E-state index contributed by atoms with van der Waals surface area (Å²) in [5, 5.41) is 17.2. The van der Waals surface area contributed by atoms with Crippen LogP contribution in [0.2, 0.25) is 0 Å². The van der Waals surface area contributed by atoms with Crippen LogP contribution in [0.15, 0.2) is 12.3 Å². The Bertz CT molecular complexity index is 239. The van der Waals surface area contributed by atoms with Gasteiger partial charge in [-0.15, -0.1) is 0 Å². The van der Waals surface area contributed by atoms with E-state index in [2.05, 4.69) is 4.98 Å². The second kappa shape index (κ2) is 2.62. The minimum absolute atomic E-state index is 0.249. The minimum atomic E-state index is -0.919. The van der Waals surface area contributed by atoms with Gasteiger partial charge in [0.1, 0.15) is 0 Å². The van der Waals surface area contributed by atoms with E-state index in [1.54, 1.807) is 0 Å². The first kappa shape index (κ1) is 6.95. The van der Waals surface area contributed by atoms with Gasteiger partial charge in [0.2, 0.25) is 0 Å². The van der Waals surface area contributed by atoms with Gasteiger partial charge in [-0.3, -0.25) is 0 Å². The number of hydrogen-bond donors (Lipinski definition) is 2. The molecule has 0 aliphatic carbocycles. The Hall–Kier alpha value is -1.16. The van der Waals surface area contributed by atoms with Gasteiger partial charge in [0.15, 0.2) is 5.75 Å². The molecule has 0 bridgehead atoms. The molecular formula is C6H6FNO2. The van der Waals surface area contributed by atoms with E-state index in [0.29, 0.717) is 5.56 Å². The van der Waals surface area contributed by atoms with Gasteiger partial charge in [0, 0.05) is 6.20 Å². The highest BCUT2D eigenvalue weighted by Gasteiger charge is 2.00. The summed E-state index contributed by atoms with van der Waals surface area (Å²) in [6.07, 6.45) is 1.16. The molecule has 1 aromatic heterocycles. The molecule has 0 aromatic carbocycles. The second-order valence-electron chi connectivity index (χ2n) is 1.81. The van der Waals surface area contributed by atoms with Crippen LogP contribution in [0.4, 0.5) is 4.39 Å². The van der Waals surface area contributed by atoms with E-state index >= 15 is 0 Å². The number of rotatable bonds is 1. The van der Waals surface area contributed by atoms with Crippen molar-refractivity contribution in [2.24, 2.45) is 0 Å². The van der Waals surface area contributed by atoms with Gasteiger partial charge in [0.25, 0.3) is 5.95 Å². The van der Waals surface area contributed by atoms with Gasteiger partial charge in [-0.1, -0.05) is 0 Å². The second-order valence-corrected chi connectivity index (χ2v) is 1.81. The molecule has 0 atom stereocenters. The molecule has 1 aromatic rings. The molecule has 0 aliphatic heterocycles. The molecule has 3 nitrogen and oxygen atoms in total. The first-order chi connectivity index (χ1) is 4.74. The fourth-order valence-electron chi connectivity index (χ4n) is 0.565. The minimum Gasteiger partial charge on any atom is -0.504 e. The summed E-state index contributed by atoms with van der Waals surface area (Å²) >= 11 is 0. The van der Waals surface area contributed by atoms with Crippen LogP contribution in [0.5, 0.6) is 5.75 Å². The van der Waals surface area contributed by atoms with Crippen molar-refractivity contribution < 1.29 is 14.6 Å². The Morgan fingerprint density at radius 2 is 2.30 bits per heavy atom. The van der Waals surface area contributed by atoms with Crippen molar-refractivity contribution in [2.45, 2.75) is 6.61 Å². The van der Waals surface area contributed by atoms with Crippen molar-refractivity contribution in [1.82, 2.24) is 4.98 Å². The maximum absolute atomic E-state index is 12.2. The van der Waals surface area contributed by atoms with Gasteiger partial charge in [-0.2, -0.15) is 4.39 Å². The SMILES string of the molecule is OCc1cnc(F)c(O)c1. The van der Waals surface area contributed by atoms with Gasteiger partial charge in [-0.25, -0.2) is 4.98 Å². The molecule has 0 amide bonds. The predicted octanol–water partition coefficient (Wildman–Crippen LogP) is 0.419. The number of aromatic nitrogens is 1. The third kappa shape index (κ3) is 1.22. The molecular weight excluding hydrogens is 137 g/mol. The summed E-state index contributed by atoms with van der Waals surface area (Å²) in [6, 6.07) is 1.13. The lowest BCUT2D eigenvalue weighted by Crippen LogP contribution is -1.88. The fraction of sp³-hybridized carbons (Fsp3) is 0.167. The molecule has 1 heterocycles. The zero-order chi connectivity index (χ0) is 7.56. The molecule has 0 radical (unpaired) electrons. The summed E-state index contributed by atoms with van der Waals surface area (Å²) < 4.78 is 12.2. The molecule has 0 saturated heterocycles. The van der Waals surface area contributed by atoms with E-state index in [9.17, 15) is 4.39 Å². The quantitative estimate of drug-likeness (QED) is 0.560. The fourth-order valence-corrected chi connectivity index (χ4v) is 0.565. The third-order valence-corrected chi connectivity index (χ3v) is 1.06. The van der Waals surface area contributed by atoms with Gasteiger partial charge >= 0.3 is 0 Å². The molecule has 54 valence electrons. The number of hydrogen-bond acceptors (Lipinski definition) is 3. The van der Waals surface area contributed by atoms with E-state index in [1.165, 1.54) is 0 Å². The standard InChI is InChI=1S/C6H6FNO2/c7-6-5(10)1-4(3-9)2-8-6/h1-2,9-10H,3H2. The number of halogens is 1. The van der Waals surface area contributed by atoms with Crippen molar-refractivity contribution >= 4 is 0 Å². The van der Waals surface area contributed by atoms with E-state index in [0.717, 1.165) is 12.3 Å². The summed E-state index contributed by atoms with van der Waals surface area (Å²) in [5.74, 6) is -1.45. The molecule has 0 spiro atoms. The average molecular weight is 143 g/mol. The van der Waals surface area contributed by atoms with Crippen LogP contribution in [-0.4, -0.2) is 15.2 Å². The lowest BCUT2D eigenvalue weighted by molar-refractivity contribution is 0.279. The van der Waals surface area contributed by atoms with E-state index in [1.807, 2.05) is 0 Å². The van der Waals surface area contributed by atoms with Crippen LogP contribution in [-0.2, 0) is 6.61 Å². The average Bonchev–Trinajstić information content (AvgIpc) is 1.95. The Kier molecular flexibility index (Phi) is 1.82. The molecule has 0 fully saturated rings. The molecule has 2 N–H and O–H groups in total. The largest absolute Gasteiger partial charge is 0.504 e. The number of pyridine rings is 1. The van der Waals surface area contributed by atoms with Crippen LogP contribution in [0.3, 0.4) is 0 Å². The van der Waals surface area contributed by atoms with Crippen molar-refractivity contribution in [1.29, 1.82) is 0 Å². The molecule has 4 heteroatoms. The van der Waals surface area contributed by atoms with Crippen LogP contribution >= 0.6 is 0 Å². The van der Waals surface area contributed by atoms with Crippen LogP contribution in [0.1, 0.15) is 5.56 Å².